The molecule has 0 unspecified atom stereocenters. The van der Waals surface area contributed by atoms with E-state index in [9.17, 15) is 23.1 Å². The van der Waals surface area contributed by atoms with E-state index in [1.807, 2.05) is 0 Å². The molecule has 3 aromatic rings. The van der Waals surface area contributed by atoms with Gasteiger partial charge in [0.05, 0.1) is 21.8 Å². The van der Waals surface area contributed by atoms with Crippen molar-refractivity contribution >= 4 is 49.2 Å². The van der Waals surface area contributed by atoms with Crippen LogP contribution in [0, 0.1) is 0 Å². The van der Waals surface area contributed by atoms with Crippen LogP contribution in [0.4, 0.5) is 11.4 Å². The summed E-state index contributed by atoms with van der Waals surface area (Å²) < 4.78 is 39.7. The van der Waals surface area contributed by atoms with Gasteiger partial charge in [-0.25, -0.2) is 13.2 Å². The highest BCUT2D eigenvalue weighted by Crippen LogP contribution is 2.33. The van der Waals surface area contributed by atoms with Gasteiger partial charge in [0.15, 0.2) is 11.5 Å². The molecule has 4 rings (SSSR count). The number of carbonyl (C=O) groups excluding carboxylic acids is 1. The number of carboxylic acids is 1. The van der Waals surface area contributed by atoms with Crippen molar-refractivity contribution in [2.45, 2.75) is 4.90 Å². The smallest absolute Gasteiger partial charge is 0.337 e. The summed E-state index contributed by atoms with van der Waals surface area (Å²) in [5, 5.41) is 11.9. The molecule has 0 atom stereocenters. The van der Waals surface area contributed by atoms with Crippen LogP contribution in [0.15, 0.2) is 70.0 Å². The molecular weight excluding hydrogens is 516 g/mol. The Bertz CT molecular complexity index is 1360. The van der Waals surface area contributed by atoms with E-state index in [4.69, 9.17) is 9.47 Å². The third-order valence-electron chi connectivity index (χ3n) is 4.66. The molecule has 11 heteroatoms. The Balaban J connectivity index is 1.56. The second-order valence-electron chi connectivity index (χ2n) is 6.94. The number of aromatic carboxylic acids is 1. The van der Waals surface area contributed by atoms with Crippen molar-refractivity contribution in [2.75, 3.05) is 23.3 Å². The van der Waals surface area contributed by atoms with Crippen LogP contribution in [0.5, 0.6) is 11.5 Å². The van der Waals surface area contributed by atoms with Crippen molar-refractivity contribution in [3.8, 4) is 11.5 Å². The lowest BCUT2D eigenvalue weighted by molar-refractivity contribution is 0.0698. The fraction of sp³-hybridized carbons (Fsp3) is 0.0909. The number of halogens is 1. The van der Waals surface area contributed by atoms with Gasteiger partial charge in [0, 0.05) is 16.1 Å². The lowest BCUT2D eigenvalue weighted by Gasteiger charge is -2.19. The lowest BCUT2D eigenvalue weighted by atomic mass is 10.1. The van der Waals surface area contributed by atoms with Gasteiger partial charge in [-0.2, -0.15) is 0 Å². The fourth-order valence-corrected chi connectivity index (χ4v) is 4.58. The minimum atomic E-state index is -4.02. The average molecular weight is 533 g/mol. The number of sulfonamides is 1. The molecule has 0 saturated carbocycles. The van der Waals surface area contributed by atoms with Crippen molar-refractivity contribution in [3.05, 3.63) is 76.3 Å². The van der Waals surface area contributed by atoms with Crippen molar-refractivity contribution in [1.82, 2.24) is 0 Å². The topological polar surface area (TPSA) is 131 Å². The predicted molar refractivity (Wildman–Crippen MR) is 124 cm³/mol. The molecular formula is C22H17BrN2O7S. The van der Waals surface area contributed by atoms with E-state index in [0.717, 1.165) is 0 Å². The van der Waals surface area contributed by atoms with Crippen molar-refractivity contribution < 1.29 is 32.6 Å². The highest BCUT2D eigenvalue weighted by Gasteiger charge is 2.20. The number of ether oxygens (including phenoxy) is 2. The van der Waals surface area contributed by atoms with Crippen LogP contribution in [0.1, 0.15) is 20.7 Å². The van der Waals surface area contributed by atoms with Crippen LogP contribution in [0.3, 0.4) is 0 Å². The van der Waals surface area contributed by atoms with Crippen LogP contribution in [0.2, 0.25) is 0 Å². The van der Waals surface area contributed by atoms with E-state index in [2.05, 4.69) is 26.0 Å². The molecule has 33 heavy (non-hydrogen) atoms. The fourth-order valence-electron chi connectivity index (χ4n) is 3.12. The summed E-state index contributed by atoms with van der Waals surface area (Å²) in [5.41, 5.74) is 0.287. The quantitative estimate of drug-likeness (QED) is 0.437. The van der Waals surface area contributed by atoms with Crippen molar-refractivity contribution in [2.24, 2.45) is 0 Å². The molecule has 0 aromatic heterocycles. The third-order valence-corrected chi connectivity index (χ3v) is 6.53. The number of anilines is 2. The largest absolute Gasteiger partial charge is 0.486 e. The number of hydrogen-bond acceptors (Lipinski definition) is 6. The maximum Gasteiger partial charge on any atom is 0.337 e. The van der Waals surface area contributed by atoms with Gasteiger partial charge >= 0.3 is 5.97 Å². The number of nitrogens with one attached hydrogen (secondary N) is 2. The first-order valence-corrected chi connectivity index (χ1v) is 11.9. The summed E-state index contributed by atoms with van der Waals surface area (Å²) in [6.45, 7) is 0.781. The number of fused-ring (bicyclic) bond motifs is 1. The van der Waals surface area contributed by atoms with Crippen LogP contribution in [-0.2, 0) is 10.0 Å². The van der Waals surface area contributed by atoms with Crippen molar-refractivity contribution in [3.63, 3.8) is 0 Å². The molecule has 170 valence electrons. The Morgan fingerprint density at radius 1 is 0.939 bits per heavy atom. The lowest BCUT2D eigenvalue weighted by Crippen LogP contribution is -2.18. The molecule has 1 aliphatic heterocycles. The van der Waals surface area contributed by atoms with Gasteiger partial charge in [-0.3, -0.25) is 9.52 Å². The highest BCUT2D eigenvalue weighted by molar-refractivity contribution is 9.10. The first-order chi connectivity index (χ1) is 15.7. The normalized spacial score (nSPS) is 12.6. The molecule has 1 aliphatic rings. The molecule has 1 amide bonds. The highest BCUT2D eigenvalue weighted by atomic mass is 79.9. The molecule has 0 fully saturated rings. The van der Waals surface area contributed by atoms with E-state index < -0.39 is 21.9 Å². The summed E-state index contributed by atoms with van der Waals surface area (Å²) in [7, 11) is -4.02. The number of hydrogen-bond donors (Lipinski definition) is 3. The standard InChI is InChI=1S/C22H17BrN2O7S/c23-14-4-6-18(17(11-14)22(27)28)24-21(26)13-2-1-3-16(10-13)33(29,30)25-15-5-7-19-20(12-15)32-9-8-31-19/h1-7,10-12,25H,8-9H2,(H,24,26)(H,27,28). The van der Waals surface area contributed by atoms with E-state index in [-0.39, 0.29) is 27.4 Å². The molecule has 0 spiro atoms. The second kappa shape index (κ2) is 9.12. The van der Waals surface area contributed by atoms with E-state index >= 15 is 0 Å². The minimum absolute atomic E-state index is 0.0410. The molecule has 3 N–H and O–H groups in total. The van der Waals surface area contributed by atoms with E-state index in [1.165, 1.54) is 42.5 Å². The van der Waals surface area contributed by atoms with Crippen molar-refractivity contribution in [1.29, 1.82) is 0 Å². The van der Waals surface area contributed by atoms with Gasteiger partial charge in [-0.1, -0.05) is 22.0 Å². The van der Waals surface area contributed by atoms with Crippen LogP contribution < -0.4 is 19.5 Å². The predicted octanol–water partition coefficient (Wildman–Crippen LogP) is 3.97. The van der Waals surface area contributed by atoms with Gasteiger partial charge in [-0.05, 0) is 48.5 Å². The SMILES string of the molecule is O=C(Nc1ccc(Br)cc1C(=O)O)c1cccc(S(=O)(=O)Nc2ccc3c(c2)OCCO3)c1. The average Bonchev–Trinajstić information content (AvgIpc) is 2.80. The first kappa shape index (κ1) is 22.6. The van der Waals surface area contributed by atoms with Crippen LogP contribution >= 0.6 is 15.9 Å². The summed E-state index contributed by atoms with van der Waals surface area (Å²) in [6.07, 6.45) is 0. The maximum atomic E-state index is 12.9. The molecule has 0 saturated heterocycles. The first-order valence-electron chi connectivity index (χ1n) is 9.60. The molecule has 0 aliphatic carbocycles. The number of amides is 1. The van der Waals surface area contributed by atoms with Gasteiger partial charge in [0.2, 0.25) is 0 Å². The van der Waals surface area contributed by atoms with Gasteiger partial charge in [0.1, 0.15) is 13.2 Å². The zero-order valence-corrected chi connectivity index (χ0v) is 19.3. The Kier molecular flexibility index (Phi) is 6.25. The number of carbonyl (C=O) groups is 2. The second-order valence-corrected chi connectivity index (χ2v) is 9.54. The summed E-state index contributed by atoms with van der Waals surface area (Å²) in [6, 6.07) is 14.4. The van der Waals surface area contributed by atoms with Gasteiger partial charge < -0.3 is 19.9 Å². The third kappa shape index (κ3) is 5.10. The Morgan fingerprint density at radius 3 is 2.45 bits per heavy atom. The van der Waals surface area contributed by atoms with Gasteiger partial charge in [0.25, 0.3) is 15.9 Å². The minimum Gasteiger partial charge on any atom is -0.486 e. The Morgan fingerprint density at radius 2 is 1.70 bits per heavy atom. The molecule has 3 aromatic carbocycles. The summed E-state index contributed by atoms with van der Waals surface area (Å²) in [4.78, 5) is 24.0. The molecule has 0 bridgehead atoms. The van der Waals surface area contributed by atoms with Gasteiger partial charge in [-0.15, -0.1) is 0 Å². The number of carboxylic acid groups (broad SMARTS) is 1. The molecule has 1 heterocycles. The summed E-state index contributed by atoms with van der Waals surface area (Å²) in [5.74, 6) is -0.919. The number of benzene rings is 3. The monoisotopic (exact) mass is 532 g/mol. The van der Waals surface area contributed by atoms with Crippen LogP contribution in [0.25, 0.3) is 0 Å². The molecule has 0 radical (unpaired) electrons. The molecule has 9 nitrogen and oxygen atoms in total. The zero-order chi connectivity index (χ0) is 23.6. The zero-order valence-electron chi connectivity index (χ0n) is 16.9. The van der Waals surface area contributed by atoms with E-state index in [0.29, 0.717) is 29.2 Å². The number of rotatable bonds is 6. The maximum absolute atomic E-state index is 12.9. The Labute approximate surface area is 197 Å². The summed E-state index contributed by atoms with van der Waals surface area (Å²) >= 11 is 3.19. The van der Waals surface area contributed by atoms with Crippen LogP contribution in [-0.4, -0.2) is 38.6 Å². The Hall–Kier alpha value is -3.57. The van der Waals surface area contributed by atoms with E-state index in [1.54, 1.807) is 18.2 Å².